The Balaban J connectivity index is 1.88. The number of carbonyl (C=O) groups is 1. The summed E-state index contributed by atoms with van der Waals surface area (Å²) in [6.07, 6.45) is 3.82. The molecule has 1 aliphatic carbocycles. The van der Waals surface area contributed by atoms with Crippen molar-refractivity contribution in [2.75, 3.05) is 40.3 Å². The van der Waals surface area contributed by atoms with Gasteiger partial charge >= 0.3 is 5.97 Å². The number of hydrogen-bond acceptors (Lipinski definition) is 4. The maximum absolute atomic E-state index is 11.6. The van der Waals surface area contributed by atoms with Crippen molar-refractivity contribution < 1.29 is 9.90 Å². The molecule has 2 N–H and O–H groups in total. The number of piperazine rings is 1. The topological polar surface area (TPSA) is 55.8 Å². The molecule has 0 spiro atoms. The van der Waals surface area contributed by atoms with Crippen molar-refractivity contribution in [1.29, 1.82) is 0 Å². The van der Waals surface area contributed by atoms with E-state index in [1.54, 1.807) is 7.05 Å². The van der Waals surface area contributed by atoms with E-state index in [1.807, 2.05) is 0 Å². The number of aliphatic carboxylic acids is 1. The maximum atomic E-state index is 11.6. The SMILES string of the molecule is CNC1(C(=O)O)CCCC1CCN1CCN(C)C(C)C1. The molecular weight excluding hydrogens is 254 g/mol. The lowest BCUT2D eigenvalue weighted by Gasteiger charge is -2.39. The van der Waals surface area contributed by atoms with Crippen LogP contribution in [0.2, 0.25) is 0 Å². The van der Waals surface area contributed by atoms with Crippen LogP contribution < -0.4 is 5.32 Å². The molecule has 2 aliphatic rings. The van der Waals surface area contributed by atoms with Crippen molar-refractivity contribution in [1.82, 2.24) is 15.1 Å². The standard InChI is InChI=1S/C15H29N3O2/c1-12-11-18(10-9-17(12)3)8-6-13-5-4-7-15(13,16-2)14(19)20/h12-13,16H,4-11H2,1-3H3,(H,19,20). The molecule has 0 aromatic heterocycles. The van der Waals surface area contributed by atoms with E-state index in [1.165, 1.54) is 0 Å². The second kappa shape index (κ2) is 6.41. The van der Waals surface area contributed by atoms with Gasteiger partial charge in [-0.25, -0.2) is 0 Å². The van der Waals surface area contributed by atoms with Crippen LogP contribution in [0, 0.1) is 5.92 Å². The van der Waals surface area contributed by atoms with E-state index in [2.05, 4.69) is 29.1 Å². The van der Waals surface area contributed by atoms with Crippen LogP contribution in [0.25, 0.3) is 0 Å². The van der Waals surface area contributed by atoms with Gasteiger partial charge in [0.2, 0.25) is 0 Å². The molecular formula is C15H29N3O2. The summed E-state index contributed by atoms with van der Waals surface area (Å²) in [5.41, 5.74) is -0.682. The molecule has 5 heteroatoms. The minimum Gasteiger partial charge on any atom is -0.480 e. The van der Waals surface area contributed by atoms with Gasteiger partial charge in [0.05, 0.1) is 0 Å². The molecule has 1 saturated heterocycles. The molecule has 5 nitrogen and oxygen atoms in total. The third kappa shape index (κ3) is 3.00. The van der Waals surface area contributed by atoms with Crippen LogP contribution in [0.1, 0.15) is 32.6 Å². The van der Waals surface area contributed by atoms with E-state index < -0.39 is 11.5 Å². The Morgan fingerprint density at radius 3 is 2.80 bits per heavy atom. The molecule has 0 radical (unpaired) electrons. The van der Waals surface area contributed by atoms with E-state index in [9.17, 15) is 9.90 Å². The molecule has 0 amide bonds. The van der Waals surface area contributed by atoms with Gasteiger partial charge < -0.3 is 20.2 Å². The lowest BCUT2D eigenvalue weighted by molar-refractivity contribution is -0.146. The van der Waals surface area contributed by atoms with Crippen molar-refractivity contribution >= 4 is 5.97 Å². The van der Waals surface area contributed by atoms with Crippen LogP contribution in [0.15, 0.2) is 0 Å². The second-order valence-corrected chi connectivity index (χ2v) is 6.53. The molecule has 0 bridgehead atoms. The van der Waals surface area contributed by atoms with Crippen molar-refractivity contribution in [2.24, 2.45) is 5.92 Å². The lowest BCUT2D eigenvalue weighted by atomic mass is 9.84. The van der Waals surface area contributed by atoms with E-state index in [-0.39, 0.29) is 5.92 Å². The van der Waals surface area contributed by atoms with E-state index in [0.29, 0.717) is 6.04 Å². The van der Waals surface area contributed by atoms with E-state index >= 15 is 0 Å². The highest BCUT2D eigenvalue weighted by Crippen LogP contribution is 2.38. The van der Waals surface area contributed by atoms with Crippen LogP contribution >= 0.6 is 0 Å². The van der Waals surface area contributed by atoms with Crippen molar-refractivity contribution in [2.45, 2.75) is 44.2 Å². The molecule has 1 aliphatic heterocycles. The summed E-state index contributed by atoms with van der Waals surface area (Å²) in [7, 11) is 3.97. The number of rotatable bonds is 5. The van der Waals surface area contributed by atoms with Crippen LogP contribution in [0.3, 0.4) is 0 Å². The third-order valence-electron chi connectivity index (χ3n) is 5.49. The Labute approximate surface area is 122 Å². The van der Waals surface area contributed by atoms with Gasteiger partial charge in [0, 0.05) is 25.7 Å². The van der Waals surface area contributed by atoms with Crippen molar-refractivity contribution in [3.8, 4) is 0 Å². The van der Waals surface area contributed by atoms with Gasteiger partial charge in [-0.3, -0.25) is 4.79 Å². The Bertz CT molecular complexity index is 350. The molecule has 0 aromatic carbocycles. The van der Waals surface area contributed by atoms with E-state index in [4.69, 9.17) is 0 Å². The average molecular weight is 283 g/mol. The van der Waals surface area contributed by atoms with Crippen molar-refractivity contribution in [3.05, 3.63) is 0 Å². The Morgan fingerprint density at radius 2 is 2.20 bits per heavy atom. The van der Waals surface area contributed by atoms with Crippen LogP contribution in [-0.2, 0) is 4.79 Å². The van der Waals surface area contributed by atoms with Gasteiger partial charge in [0.15, 0.2) is 0 Å². The maximum Gasteiger partial charge on any atom is 0.324 e. The summed E-state index contributed by atoms with van der Waals surface area (Å²) in [4.78, 5) is 16.5. The normalized spacial score (nSPS) is 36.4. The van der Waals surface area contributed by atoms with Crippen molar-refractivity contribution in [3.63, 3.8) is 0 Å². The molecule has 2 rings (SSSR count). The van der Waals surface area contributed by atoms with Crippen LogP contribution in [0.4, 0.5) is 0 Å². The predicted molar refractivity (Wildman–Crippen MR) is 79.9 cm³/mol. The summed E-state index contributed by atoms with van der Waals surface area (Å²) >= 11 is 0. The first-order chi connectivity index (χ1) is 9.49. The predicted octanol–water partition coefficient (Wildman–Crippen LogP) is 0.855. The second-order valence-electron chi connectivity index (χ2n) is 6.53. The first-order valence-corrected chi connectivity index (χ1v) is 7.84. The van der Waals surface area contributed by atoms with Gasteiger partial charge in [0.1, 0.15) is 5.54 Å². The van der Waals surface area contributed by atoms with Gasteiger partial charge in [-0.1, -0.05) is 6.42 Å². The zero-order chi connectivity index (χ0) is 14.8. The highest BCUT2D eigenvalue weighted by atomic mass is 16.4. The number of carboxylic acids is 1. The summed E-state index contributed by atoms with van der Waals surface area (Å²) in [6.45, 7) is 6.61. The van der Waals surface area contributed by atoms with Gasteiger partial charge in [-0.2, -0.15) is 0 Å². The molecule has 116 valence electrons. The first kappa shape index (κ1) is 15.7. The monoisotopic (exact) mass is 283 g/mol. The highest BCUT2D eigenvalue weighted by molar-refractivity contribution is 5.79. The third-order valence-corrected chi connectivity index (χ3v) is 5.49. The zero-order valence-corrected chi connectivity index (χ0v) is 13.1. The lowest BCUT2D eigenvalue weighted by Crippen LogP contribution is -2.54. The average Bonchev–Trinajstić information content (AvgIpc) is 2.84. The number of likely N-dealkylation sites (N-methyl/N-ethyl adjacent to an activating group) is 2. The number of nitrogens with one attached hydrogen (secondary N) is 1. The number of carboxylic acid groups (broad SMARTS) is 1. The minimum atomic E-state index is -0.682. The molecule has 1 saturated carbocycles. The van der Waals surface area contributed by atoms with Gasteiger partial charge in [0.25, 0.3) is 0 Å². The molecule has 20 heavy (non-hydrogen) atoms. The molecule has 1 heterocycles. The molecule has 2 fully saturated rings. The number of hydrogen-bond donors (Lipinski definition) is 2. The largest absolute Gasteiger partial charge is 0.480 e. The smallest absolute Gasteiger partial charge is 0.324 e. The van der Waals surface area contributed by atoms with Gasteiger partial charge in [-0.15, -0.1) is 0 Å². The summed E-state index contributed by atoms with van der Waals surface area (Å²) < 4.78 is 0. The Morgan fingerprint density at radius 1 is 1.45 bits per heavy atom. The summed E-state index contributed by atoms with van der Waals surface area (Å²) in [5, 5.41) is 12.7. The quantitative estimate of drug-likeness (QED) is 0.783. The number of nitrogens with zero attached hydrogens (tertiary/aromatic N) is 2. The Kier molecular flexibility index (Phi) is 5.04. The fourth-order valence-electron chi connectivity index (χ4n) is 3.85. The Hall–Kier alpha value is -0.650. The van der Waals surface area contributed by atoms with Crippen LogP contribution in [-0.4, -0.2) is 72.7 Å². The summed E-state index contributed by atoms with van der Waals surface area (Å²) in [6, 6.07) is 0.598. The van der Waals surface area contributed by atoms with Gasteiger partial charge in [-0.05, 0) is 52.7 Å². The summed E-state index contributed by atoms with van der Waals surface area (Å²) in [5.74, 6) is -0.408. The fraction of sp³-hybridized carbons (Fsp3) is 0.933. The van der Waals surface area contributed by atoms with Crippen LogP contribution in [0.5, 0.6) is 0 Å². The molecule has 3 unspecified atom stereocenters. The van der Waals surface area contributed by atoms with E-state index in [0.717, 1.165) is 51.9 Å². The first-order valence-electron chi connectivity index (χ1n) is 7.84. The molecule has 0 aromatic rings. The zero-order valence-electron chi connectivity index (χ0n) is 13.1. The minimum absolute atomic E-state index is 0.264. The fourth-order valence-corrected chi connectivity index (χ4v) is 3.85. The molecule has 3 atom stereocenters. The highest BCUT2D eigenvalue weighted by Gasteiger charge is 2.47.